The summed E-state index contributed by atoms with van der Waals surface area (Å²) >= 11 is 0. The van der Waals surface area contributed by atoms with Gasteiger partial charge in [0.1, 0.15) is 6.20 Å². The predicted molar refractivity (Wildman–Crippen MR) is 27.3 cm³/mol. The quantitative estimate of drug-likeness (QED) is 0.363. The van der Waals surface area contributed by atoms with Gasteiger partial charge in [-0.25, -0.2) is 0 Å². The molecule has 1 aliphatic rings. The van der Waals surface area contributed by atoms with E-state index < -0.39 is 0 Å². The molecule has 0 radical (unpaired) electrons. The second-order valence-corrected chi connectivity index (χ2v) is 1.35. The van der Waals surface area contributed by atoms with E-state index in [0.29, 0.717) is 0 Å². The first kappa shape index (κ1) is 4.27. The Kier molecular flexibility index (Phi) is 1.04. The van der Waals surface area contributed by atoms with E-state index in [-0.39, 0.29) is 0 Å². The van der Waals surface area contributed by atoms with Crippen molar-refractivity contribution in [1.29, 1.82) is 0 Å². The van der Waals surface area contributed by atoms with Crippen molar-refractivity contribution in [2.75, 3.05) is 0 Å². The molecule has 2 nitrogen and oxygen atoms in total. The first-order chi connectivity index (χ1) is 3.43. The highest BCUT2D eigenvalue weighted by atomic mass is 15.1. The van der Waals surface area contributed by atoms with Crippen LogP contribution in [0.1, 0.15) is 0 Å². The lowest BCUT2D eigenvalue weighted by molar-refractivity contribution is -0.685. The van der Waals surface area contributed by atoms with Gasteiger partial charge in [-0.2, -0.15) is 9.89 Å². The molecule has 0 amide bonds. The van der Waals surface area contributed by atoms with E-state index in [2.05, 4.69) is 11.6 Å². The van der Waals surface area contributed by atoms with Gasteiger partial charge in [-0.3, -0.25) is 0 Å². The van der Waals surface area contributed by atoms with E-state index >= 15 is 0 Å². The third-order valence-corrected chi connectivity index (χ3v) is 0.858. The Labute approximate surface area is 42.5 Å². The van der Waals surface area contributed by atoms with Crippen LogP contribution < -0.4 is 9.89 Å². The minimum absolute atomic E-state index is 1.14. The van der Waals surface area contributed by atoms with Crippen LogP contribution in [0.15, 0.2) is 25.2 Å². The van der Waals surface area contributed by atoms with Crippen LogP contribution in [0.25, 0.3) is 0 Å². The minimum Gasteiger partial charge on any atom is -0.197 e. The molecule has 0 bridgehead atoms. The van der Waals surface area contributed by atoms with Gasteiger partial charge in [-0.1, -0.05) is 0 Å². The van der Waals surface area contributed by atoms with Gasteiger partial charge in [-0.05, 0) is 6.58 Å². The Bertz CT molecular complexity index is 112. The van der Waals surface area contributed by atoms with Gasteiger partial charge in [0.05, 0.1) is 0 Å². The van der Waals surface area contributed by atoms with Crippen LogP contribution in [0.5, 0.6) is 0 Å². The zero-order valence-corrected chi connectivity index (χ0v) is 4.02. The standard InChI is InChI=1S/C5H6N2/c1-2-7-4-3-6-5-7/h2-5H,1H2/p+2. The molecule has 1 unspecified atom stereocenters. The van der Waals surface area contributed by atoms with Gasteiger partial charge >= 0.3 is 6.34 Å². The Morgan fingerprint density at radius 1 is 1.71 bits per heavy atom. The predicted octanol–water partition coefficient (Wildman–Crippen LogP) is -2.39. The lowest BCUT2D eigenvalue weighted by atomic mass is 10.8. The lowest BCUT2D eigenvalue weighted by Crippen LogP contribution is -3.03. The topological polar surface area (TPSA) is 18.4 Å². The first-order valence-electron chi connectivity index (χ1n) is 2.18. The van der Waals surface area contributed by atoms with Gasteiger partial charge in [-0.15, -0.1) is 0 Å². The molecule has 1 rings (SSSR count). The highest BCUT2D eigenvalue weighted by molar-refractivity contribution is 5.37. The van der Waals surface area contributed by atoms with E-state index in [9.17, 15) is 0 Å². The second-order valence-electron chi connectivity index (χ2n) is 1.35. The van der Waals surface area contributed by atoms with Crippen molar-refractivity contribution >= 4 is 6.34 Å². The number of quaternary nitrogens is 1. The summed E-state index contributed by atoms with van der Waals surface area (Å²) in [6, 6.07) is 0. The third kappa shape index (κ3) is 0.751. The van der Waals surface area contributed by atoms with Crippen molar-refractivity contribution in [2.24, 2.45) is 0 Å². The molecule has 36 valence electrons. The fraction of sp³-hybridized carbons (Fsp3) is 0. The maximum absolute atomic E-state index is 3.58. The molecule has 0 aromatic rings. The maximum atomic E-state index is 3.58. The molecular formula is C5H8N2+2. The van der Waals surface area contributed by atoms with Crippen LogP contribution in [0.4, 0.5) is 0 Å². The first-order valence-corrected chi connectivity index (χ1v) is 2.18. The summed E-state index contributed by atoms with van der Waals surface area (Å²) in [6.45, 7) is 3.58. The zero-order valence-electron chi connectivity index (χ0n) is 4.02. The summed E-state index contributed by atoms with van der Waals surface area (Å²) in [5, 5.41) is 0. The summed E-state index contributed by atoms with van der Waals surface area (Å²) in [7, 11) is 0. The average Bonchev–Trinajstić information content (AvgIpc) is 2.14. The van der Waals surface area contributed by atoms with E-state index in [1.54, 1.807) is 6.20 Å². The van der Waals surface area contributed by atoms with Crippen LogP contribution in [0, 0.1) is 0 Å². The summed E-state index contributed by atoms with van der Waals surface area (Å²) in [6.07, 6.45) is 7.54. The Morgan fingerprint density at radius 3 is 2.86 bits per heavy atom. The number of hydrogen-bond donors (Lipinski definition) is 2. The van der Waals surface area contributed by atoms with Crippen molar-refractivity contribution in [3.63, 3.8) is 0 Å². The Balaban J connectivity index is 2.59. The molecule has 2 heteroatoms. The normalized spacial score (nSPS) is 26.0. The molecule has 0 saturated heterocycles. The Hall–Kier alpha value is -0.890. The van der Waals surface area contributed by atoms with E-state index in [1.807, 2.05) is 18.7 Å². The largest absolute Gasteiger partial charge is 0.338 e. The molecule has 0 aliphatic carbocycles. The zero-order chi connectivity index (χ0) is 5.11. The fourth-order valence-electron chi connectivity index (χ4n) is 0.464. The van der Waals surface area contributed by atoms with E-state index in [1.165, 1.54) is 0 Å². The van der Waals surface area contributed by atoms with Crippen molar-refractivity contribution in [3.8, 4) is 0 Å². The molecule has 0 aromatic carbocycles. The van der Waals surface area contributed by atoms with Gasteiger partial charge in [0, 0.05) is 0 Å². The molecule has 2 N–H and O–H groups in total. The SMILES string of the molecule is C=C[NH+]1C=C[NH+]=C1. The molecular weight excluding hydrogens is 88.1 g/mol. The van der Waals surface area contributed by atoms with Crippen molar-refractivity contribution in [1.82, 2.24) is 0 Å². The molecule has 1 atom stereocenters. The smallest absolute Gasteiger partial charge is 0.197 e. The lowest BCUT2D eigenvalue weighted by Gasteiger charge is -1.84. The maximum Gasteiger partial charge on any atom is 0.338 e. The molecule has 0 fully saturated rings. The number of hydrogen-bond acceptors (Lipinski definition) is 0. The van der Waals surface area contributed by atoms with Crippen molar-refractivity contribution < 1.29 is 9.89 Å². The highest BCUT2D eigenvalue weighted by Crippen LogP contribution is 1.44. The van der Waals surface area contributed by atoms with Gasteiger partial charge in [0.2, 0.25) is 6.20 Å². The minimum atomic E-state index is 1.14. The van der Waals surface area contributed by atoms with Crippen LogP contribution in [-0.2, 0) is 0 Å². The Morgan fingerprint density at radius 2 is 2.57 bits per heavy atom. The van der Waals surface area contributed by atoms with Crippen LogP contribution >= 0.6 is 0 Å². The van der Waals surface area contributed by atoms with Crippen LogP contribution in [0.2, 0.25) is 0 Å². The van der Waals surface area contributed by atoms with E-state index in [4.69, 9.17) is 0 Å². The molecule has 0 aromatic heterocycles. The monoisotopic (exact) mass is 96.1 g/mol. The highest BCUT2D eigenvalue weighted by Gasteiger charge is 2.02. The summed E-state index contributed by atoms with van der Waals surface area (Å²) < 4.78 is 0. The summed E-state index contributed by atoms with van der Waals surface area (Å²) in [4.78, 5) is 4.05. The average molecular weight is 96.1 g/mol. The molecule has 1 aliphatic heterocycles. The van der Waals surface area contributed by atoms with Gasteiger partial charge in [0.15, 0.2) is 6.20 Å². The fourth-order valence-corrected chi connectivity index (χ4v) is 0.464. The molecule has 1 heterocycles. The molecule has 0 saturated carbocycles. The van der Waals surface area contributed by atoms with Crippen LogP contribution in [0.3, 0.4) is 0 Å². The number of rotatable bonds is 1. The summed E-state index contributed by atoms with van der Waals surface area (Å²) in [5.41, 5.74) is 0. The number of nitrogens with one attached hydrogen (secondary N) is 2. The van der Waals surface area contributed by atoms with Gasteiger partial charge in [0.25, 0.3) is 0 Å². The van der Waals surface area contributed by atoms with Crippen molar-refractivity contribution in [3.05, 3.63) is 25.2 Å². The molecule has 7 heavy (non-hydrogen) atoms. The van der Waals surface area contributed by atoms with Gasteiger partial charge < -0.3 is 0 Å². The third-order valence-electron chi connectivity index (χ3n) is 0.858. The van der Waals surface area contributed by atoms with E-state index in [0.717, 1.165) is 4.90 Å². The molecule has 0 spiro atoms. The van der Waals surface area contributed by atoms with Crippen molar-refractivity contribution in [2.45, 2.75) is 0 Å². The second kappa shape index (κ2) is 1.71. The summed E-state index contributed by atoms with van der Waals surface area (Å²) in [5.74, 6) is 0. The van der Waals surface area contributed by atoms with Crippen LogP contribution in [-0.4, -0.2) is 6.34 Å².